The Hall–Kier alpha value is -1.10. The Kier molecular flexibility index (Phi) is 4.61. The van der Waals surface area contributed by atoms with Gasteiger partial charge in [0, 0.05) is 11.6 Å². The van der Waals surface area contributed by atoms with E-state index < -0.39 is 11.5 Å². The van der Waals surface area contributed by atoms with Crippen molar-refractivity contribution in [3.8, 4) is 0 Å². The van der Waals surface area contributed by atoms with E-state index in [9.17, 15) is 9.59 Å². The summed E-state index contributed by atoms with van der Waals surface area (Å²) in [7, 11) is 0. The zero-order chi connectivity index (χ0) is 14.8. The van der Waals surface area contributed by atoms with E-state index in [1.54, 1.807) is 6.92 Å². The first kappa shape index (κ1) is 16.0. The predicted molar refractivity (Wildman–Crippen MR) is 75.4 cm³/mol. The van der Waals surface area contributed by atoms with Crippen molar-refractivity contribution in [2.75, 3.05) is 0 Å². The predicted octanol–water partition coefficient (Wildman–Crippen LogP) is 0.923. The summed E-state index contributed by atoms with van der Waals surface area (Å²) in [5.41, 5.74) is 5.16. The second-order valence-electron chi connectivity index (χ2n) is 6.85. The molecule has 1 aliphatic rings. The SMILES string of the molecule is CC(NC(=O)C1(C)CCCC1N)C(=O)NC(C)(C)C. The fraction of sp³-hybridized carbons (Fsp3) is 0.857. The summed E-state index contributed by atoms with van der Waals surface area (Å²) < 4.78 is 0. The van der Waals surface area contributed by atoms with E-state index in [0.29, 0.717) is 0 Å². The van der Waals surface area contributed by atoms with Gasteiger partial charge in [0.1, 0.15) is 6.04 Å². The highest BCUT2D eigenvalue weighted by molar-refractivity contribution is 5.90. The lowest BCUT2D eigenvalue weighted by Crippen LogP contribution is -2.55. The van der Waals surface area contributed by atoms with Crippen LogP contribution in [-0.2, 0) is 9.59 Å². The molecule has 0 aromatic heterocycles. The molecule has 4 N–H and O–H groups in total. The number of rotatable bonds is 3. The van der Waals surface area contributed by atoms with Gasteiger partial charge in [-0.15, -0.1) is 0 Å². The molecule has 1 aliphatic carbocycles. The van der Waals surface area contributed by atoms with Crippen LogP contribution in [0.5, 0.6) is 0 Å². The van der Waals surface area contributed by atoms with Crippen LogP contribution in [-0.4, -0.2) is 29.4 Å². The molecule has 0 bridgehead atoms. The molecule has 3 atom stereocenters. The van der Waals surface area contributed by atoms with Crippen molar-refractivity contribution in [1.82, 2.24) is 10.6 Å². The average Bonchev–Trinajstić information content (AvgIpc) is 2.58. The van der Waals surface area contributed by atoms with Crippen LogP contribution in [0.1, 0.15) is 53.9 Å². The smallest absolute Gasteiger partial charge is 0.242 e. The monoisotopic (exact) mass is 269 g/mol. The van der Waals surface area contributed by atoms with Crippen molar-refractivity contribution < 1.29 is 9.59 Å². The Morgan fingerprint density at radius 3 is 2.37 bits per heavy atom. The van der Waals surface area contributed by atoms with Crippen molar-refractivity contribution in [1.29, 1.82) is 0 Å². The van der Waals surface area contributed by atoms with Gasteiger partial charge in [-0.05, 0) is 47.5 Å². The van der Waals surface area contributed by atoms with Crippen LogP contribution < -0.4 is 16.4 Å². The Bertz CT molecular complexity index is 362. The van der Waals surface area contributed by atoms with Crippen molar-refractivity contribution in [3.63, 3.8) is 0 Å². The summed E-state index contributed by atoms with van der Waals surface area (Å²) in [6, 6.07) is -0.665. The van der Waals surface area contributed by atoms with Gasteiger partial charge in [0.2, 0.25) is 11.8 Å². The highest BCUT2D eigenvalue weighted by Gasteiger charge is 2.43. The Labute approximate surface area is 115 Å². The highest BCUT2D eigenvalue weighted by atomic mass is 16.2. The second kappa shape index (κ2) is 5.49. The molecule has 0 aliphatic heterocycles. The van der Waals surface area contributed by atoms with Crippen LogP contribution in [0, 0.1) is 5.41 Å². The van der Waals surface area contributed by atoms with E-state index in [-0.39, 0.29) is 23.4 Å². The van der Waals surface area contributed by atoms with Gasteiger partial charge in [-0.25, -0.2) is 0 Å². The molecular weight excluding hydrogens is 242 g/mol. The summed E-state index contributed by atoms with van der Waals surface area (Å²) in [4.78, 5) is 24.2. The fourth-order valence-electron chi connectivity index (χ4n) is 2.38. The number of carbonyl (C=O) groups excluding carboxylic acids is 2. The third-order valence-electron chi connectivity index (χ3n) is 3.79. The van der Waals surface area contributed by atoms with Crippen LogP contribution >= 0.6 is 0 Å². The number of nitrogens with one attached hydrogen (secondary N) is 2. The summed E-state index contributed by atoms with van der Waals surface area (Å²) in [6.45, 7) is 9.31. The first-order valence-electron chi connectivity index (χ1n) is 6.95. The molecule has 0 saturated heterocycles. The maximum atomic E-state index is 12.3. The number of carbonyl (C=O) groups is 2. The molecular formula is C14H27N3O2. The minimum Gasteiger partial charge on any atom is -0.350 e. The summed E-state index contributed by atoms with van der Waals surface area (Å²) in [5, 5.41) is 5.64. The Morgan fingerprint density at radius 2 is 1.95 bits per heavy atom. The third kappa shape index (κ3) is 3.93. The van der Waals surface area contributed by atoms with Crippen LogP contribution in [0.3, 0.4) is 0 Å². The van der Waals surface area contributed by atoms with Gasteiger partial charge in [-0.1, -0.05) is 6.42 Å². The molecule has 1 fully saturated rings. The lowest BCUT2D eigenvalue weighted by Gasteiger charge is -2.30. The Morgan fingerprint density at radius 1 is 1.37 bits per heavy atom. The fourth-order valence-corrected chi connectivity index (χ4v) is 2.38. The maximum Gasteiger partial charge on any atom is 0.242 e. The second-order valence-corrected chi connectivity index (χ2v) is 6.85. The van der Waals surface area contributed by atoms with Crippen molar-refractivity contribution in [3.05, 3.63) is 0 Å². The number of hydrogen-bond donors (Lipinski definition) is 3. The molecule has 2 amide bonds. The van der Waals surface area contributed by atoms with E-state index in [2.05, 4.69) is 10.6 Å². The molecule has 0 aromatic rings. The van der Waals surface area contributed by atoms with Gasteiger partial charge in [-0.3, -0.25) is 9.59 Å². The van der Waals surface area contributed by atoms with E-state index in [0.717, 1.165) is 19.3 Å². The summed E-state index contributed by atoms with van der Waals surface area (Å²) >= 11 is 0. The third-order valence-corrected chi connectivity index (χ3v) is 3.79. The standard InChI is InChI=1S/C14H27N3O2/c1-9(11(18)17-13(2,3)4)16-12(19)14(5)8-6-7-10(14)15/h9-10H,6-8,15H2,1-5H3,(H,16,19)(H,17,18). The molecule has 1 saturated carbocycles. The molecule has 3 unspecified atom stereocenters. The first-order chi connectivity index (χ1) is 8.56. The average molecular weight is 269 g/mol. The number of hydrogen-bond acceptors (Lipinski definition) is 3. The highest BCUT2D eigenvalue weighted by Crippen LogP contribution is 2.36. The number of nitrogens with two attached hydrogens (primary N) is 1. The lowest BCUT2D eigenvalue weighted by atomic mass is 9.84. The zero-order valence-corrected chi connectivity index (χ0v) is 12.7. The molecule has 5 nitrogen and oxygen atoms in total. The molecule has 0 heterocycles. The number of amides is 2. The van der Waals surface area contributed by atoms with Gasteiger partial charge in [0.05, 0.1) is 5.41 Å². The molecule has 110 valence electrons. The molecule has 19 heavy (non-hydrogen) atoms. The van der Waals surface area contributed by atoms with Crippen molar-refractivity contribution in [2.24, 2.45) is 11.1 Å². The first-order valence-corrected chi connectivity index (χ1v) is 6.95. The van der Waals surface area contributed by atoms with Gasteiger partial charge in [0.15, 0.2) is 0 Å². The van der Waals surface area contributed by atoms with E-state index in [1.807, 2.05) is 27.7 Å². The quantitative estimate of drug-likeness (QED) is 0.712. The summed E-state index contributed by atoms with van der Waals surface area (Å²) in [6.07, 6.45) is 2.62. The molecule has 0 aromatic carbocycles. The van der Waals surface area contributed by atoms with Gasteiger partial charge >= 0.3 is 0 Å². The van der Waals surface area contributed by atoms with Crippen LogP contribution in [0.4, 0.5) is 0 Å². The minimum absolute atomic E-state index is 0.117. The maximum absolute atomic E-state index is 12.3. The molecule has 0 spiro atoms. The van der Waals surface area contributed by atoms with Crippen LogP contribution in [0.15, 0.2) is 0 Å². The lowest BCUT2D eigenvalue weighted by molar-refractivity contribution is -0.135. The summed E-state index contributed by atoms with van der Waals surface area (Å²) in [5.74, 6) is -0.287. The van der Waals surface area contributed by atoms with E-state index in [1.165, 1.54) is 0 Å². The van der Waals surface area contributed by atoms with Crippen molar-refractivity contribution in [2.45, 2.75) is 71.5 Å². The van der Waals surface area contributed by atoms with Crippen LogP contribution in [0.25, 0.3) is 0 Å². The molecule has 5 heteroatoms. The van der Waals surface area contributed by atoms with Gasteiger partial charge in [0.25, 0.3) is 0 Å². The molecule has 1 rings (SSSR count). The van der Waals surface area contributed by atoms with Crippen molar-refractivity contribution >= 4 is 11.8 Å². The zero-order valence-electron chi connectivity index (χ0n) is 12.7. The molecule has 0 radical (unpaired) electrons. The van der Waals surface area contributed by atoms with Gasteiger partial charge in [-0.2, -0.15) is 0 Å². The van der Waals surface area contributed by atoms with Crippen LogP contribution in [0.2, 0.25) is 0 Å². The van der Waals surface area contributed by atoms with E-state index >= 15 is 0 Å². The largest absolute Gasteiger partial charge is 0.350 e. The van der Waals surface area contributed by atoms with Gasteiger partial charge < -0.3 is 16.4 Å². The minimum atomic E-state index is -0.545. The Balaban J connectivity index is 2.59. The van der Waals surface area contributed by atoms with E-state index in [4.69, 9.17) is 5.73 Å². The topological polar surface area (TPSA) is 84.2 Å². The normalized spacial score (nSPS) is 28.8.